The number of aromatic amines is 1. The standard InChI is InChI=1S/C14H12BrN3O2/c1-20-10-4-2-9(3-5-10)8-18-14(19)13-11(15)6-16-12(13)7-17-18/h2-7,16H,8H2,1H3. The molecule has 3 aromatic rings. The number of nitrogens with one attached hydrogen (secondary N) is 1. The van der Waals surface area contributed by atoms with Crippen LogP contribution in [0.3, 0.4) is 0 Å². The Morgan fingerprint density at radius 1 is 1.35 bits per heavy atom. The lowest BCUT2D eigenvalue weighted by Gasteiger charge is -2.06. The van der Waals surface area contributed by atoms with E-state index in [1.807, 2.05) is 24.3 Å². The summed E-state index contributed by atoms with van der Waals surface area (Å²) in [6.45, 7) is 0.427. The van der Waals surface area contributed by atoms with Gasteiger partial charge in [0.15, 0.2) is 0 Å². The lowest BCUT2D eigenvalue weighted by molar-refractivity contribution is 0.414. The lowest BCUT2D eigenvalue weighted by Crippen LogP contribution is -2.23. The summed E-state index contributed by atoms with van der Waals surface area (Å²) in [5, 5.41) is 4.80. The third-order valence-electron chi connectivity index (χ3n) is 3.13. The Morgan fingerprint density at radius 3 is 2.80 bits per heavy atom. The first kappa shape index (κ1) is 12.9. The molecule has 0 spiro atoms. The van der Waals surface area contributed by atoms with Crippen LogP contribution < -0.4 is 10.3 Å². The van der Waals surface area contributed by atoms with Crippen LogP contribution in [0, 0.1) is 0 Å². The lowest BCUT2D eigenvalue weighted by atomic mass is 10.2. The van der Waals surface area contributed by atoms with Gasteiger partial charge in [0, 0.05) is 10.7 Å². The van der Waals surface area contributed by atoms with Crippen LogP contribution in [0.1, 0.15) is 5.56 Å². The molecule has 0 unspecified atom stereocenters. The van der Waals surface area contributed by atoms with Gasteiger partial charge in [-0.1, -0.05) is 12.1 Å². The average Bonchev–Trinajstić information content (AvgIpc) is 2.85. The normalized spacial score (nSPS) is 10.9. The molecule has 102 valence electrons. The third kappa shape index (κ3) is 2.22. The van der Waals surface area contributed by atoms with Crippen molar-refractivity contribution < 1.29 is 4.74 Å². The number of halogens is 1. The summed E-state index contributed by atoms with van der Waals surface area (Å²) in [4.78, 5) is 15.4. The van der Waals surface area contributed by atoms with Gasteiger partial charge in [-0.25, -0.2) is 4.68 Å². The van der Waals surface area contributed by atoms with Crippen molar-refractivity contribution in [2.45, 2.75) is 6.54 Å². The Kier molecular flexibility index (Phi) is 3.31. The number of fused-ring (bicyclic) bond motifs is 1. The van der Waals surface area contributed by atoms with Gasteiger partial charge in [-0.3, -0.25) is 4.79 Å². The van der Waals surface area contributed by atoms with Crippen LogP contribution in [-0.2, 0) is 6.54 Å². The molecule has 0 amide bonds. The van der Waals surface area contributed by atoms with Crippen molar-refractivity contribution in [3.8, 4) is 5.75 Å². The monoisotopic (exact) mass is 333 g/mol. The zero-order valence-corrected chi connectivity index (χ0v) is 12.3. The maximum atomic E-state index is 12.4. The highest BCUT2D eigenvalue weighted by atomic mass is 79.9. The van der Waals surface area contributed by atoms with Crippen molar-refractivity contribution in [3.05, 3.63) is 57.0 Å². The van der Waals surface area contributed by atoms with Gasteiger partial charge in [-0.15, -0.1) is 0 Å². The molecule has 1 N–H and O–H groups in total. The summed E-state index contributed by atoms with van der Waals surface area (Å²) in [6, 6.07) is 7.57. The molecule has 5 nitrogen and oxygen atoms in total. The molecule has 0 fully saturated rings. The van der Waals surface area contributed by atoms with Crippen LogP contribution in [0.25, 0.3) is 10.9 Å². The van der Waals surface area contributed by atoms with E-state index in [1.165, 1.54) is 4.68 Å². The Hall–Kier alpha value is -2.08. The number of benzene rings is 1. The summed E-state index contributed by atoms with van der Waals surface area (Å²) in [5.74, 6) is 0.790. The minimum Gasteiger partial charge on any atom is -0.497 e. The minimum atomic E-state index is -0.119. The first-order valence-electron chi connectivity index (χ1n) is 6.04. The highest BCUT2D eigenvalue weighted by Gasteiger charge is 2.09. The topological polar surface area (TPSA) is 59.9 Å². The van der Waals surface area contributed by atoms with E-state index in [2.05, 4.69) is 26.0 Å². The smallest absolute Gasteiger partial charge is 0.277 e. The fraction of sp³-hybridized carbons (Fsp3) is 0.143. The van der Waals surface area contributed by atoms with Gasteiger partial charge < -0.3 is 9.72 Å². The van der Waals surface area contributed by atoms with Gasteiger partial charge in [0.25, 0.3) is 5.56 Å². The van der Waals surface area contributed by atoms with Crippen molar-refractivity contribution in [1.82, 2.24) is 14.8 Å². The molecule has 20 heavy (non-hydrogen) atoms. The number of hydrogen-bond acceptors (Lipinski definition) is 3. The zero-order chi connectivity index (χ0) is 14.1. The molecule has 2 heterocycles. The molecule has 0 radical (unpaired) electrons. The van der Waals surface area contributed by atoms with Crippen LogP contribution in [0.2, 0.25) is 0 Å². The number of methoxy groups -OCH3 is 1. The number of rotatable bonds is 3. The van der Waals surface area contributed by atoms with Crippen molar-refractivity contribution in [3.63, 3.8) is 0 Å². The van der Waals surface area contributed by atoms with E-state index in [9.17, 15) is 4.79 Å². The van der Waals surface area contributed by atoms with Crippen LogP contribution in [0.15, 0.2) is 45.9 Å². The quantitative estimate of drug-likeness (QED) is 0.801. The first-order valence-corrected chi connectivity index (χ1v) is 6.84. The Balaban J connectivity index is 1.99. The zero-order valence-electron chi connectivity index (χ0n) is 10.8. The van der Waals surface area contributed by atoms with E-state index in [0.29, 0.717) is 11.9 Å². The third-order valence-corrected chi connectivity index (χ3v) is 3.75. The molecule has 2 aromatic heterocycles. The number of H-pyrrole nitrogens is 1. The second-order valence-electron chi connectivity index (χ2n) is 4.38. The first-order chi connectivity index (χ1) is 9.69. The van der Waals surface area contributed by atoms with E-state index >= 15 is 0 Å². The Labute approximate surface area is 123 Å². The summed E-state index contributed by atoms with van der Waals surface area (Å²) in [7, 11) is 1.62. The van der Waals surface area contributed by atoms with E-state index in [-0.39, 0.29) is 5.56 Å². The molecule has 0 aliphatic heterocycles. The fourth-order valence-corrected chi connectivity index (χ4v) is 2.56. The molecule has 6 heteroatoms. The molecule has 0 saturated heterocycles. The van der Waals surface area contributed by atoms with Gasteiger partial charge in [0.2, 0.25) is 0 Å². The Morgan fingerprint density at radius 2 is 2.10 bits per heavy atom. The molecular formula is C14H12BrN3O2. The van der Waals surface area contributed by atoms with Gasteiger partial charge in [-0.05, 0) is 33.6 Å². The second kappa shape index (κ2) is 5.13. The predicted octanol–water partition coefficient (Wildman–Crippen LogP) is 2.54. The van der Waals surface area contributed by atoms with Crippen LogP contribution >= 0.6 is 15.9 Å². The minimum absolute atomic E-state index is 0.119. The largest absolute Gasteiger partial charge is 0.497 e. The molecule has 1 aromatic carbocycles. The summed E-state index contributed by atoms with van der Waals surface area (Å²) in [6.07, 6.45) is 3.40. The van der Waals surface area contributed by atoms with E-state index in [1.54, 1.807) is 19.5 Å². The van der Waals surface area contributed by atoms with Crippen molar-refractivity contribution >= 4 is 26.8 Å². The van der Waals surface area contributed by atoms with Gasteiger partial charge >= 0.3 is 0 Å². The van der Waals surface area contributed by atoms with Crippen molar-refractivity contribution in [2.75, 3.05) is 7.11 Å². The van der Waals surface area contributed by atoms with Gasteiger partial charge in [-0.2, -0.15) is 5.10 Å². The van der Waals surface area contributed by atoms with E-state index in [4.69, 9.17) is 4.74 Å². The molecular weight excluding hydrogens is 322 g/mol. The highest BCUT2D eigenvalue weighted by molar-refractivity contribution is 9.10. The maximum Gasteiger partial charge on any atom is 0.277 e. The van der Waals surface area contributed by atoms with Crippen LogP contribution in [-0.4, -0.2) is 21.9 Å². The molecule has 0 aliphatic carbocycles. The van der Waals surface area contributed by atoms with Crippen molar-refractivity contribution in [1.29, 1.82) is 0 Å². The number of ether oxygens (including phenoxy) is 1. The summed E-state index contributed by atoms with van der Waals surface area (Å²) in [5.41, 5.74) is 1.60. The van der Waals surface area contributed by atoms with Crippen molar-refractivity contribution in [2.24, 2.45) is 0 Å². The average molecular weight is 334 g/mol. The Bertz CT molecular complexity index is 805. The molecule has 0 saturated carbocycles. The fourth-order valence-electron chi connectivity index (χ4n) is 2.06. The molecule has 3 rings (SSSR count). The molecule has 0 aliphatic rings. The van der Waals surface area contributed by atoms with Gasteiger partial charge in [0.05, 0.1) is 30.8 Å². The summed E-state index contributed by atoms with van der Waals surface area (Å²) < 4.78 is 7.31. The predicted molar refractivity (Wildman–Crippen MR) is 80.1 cm³/mol. The highest BCUT2D eigenvalue weighted by Crippen LogP contribution is 2.19. The molecule has 0 bridgehead atoms. The van der Waals surface area contributed by atoms with E-state index in [0.717, 1.165) is 21.3 Å². The summed E-state index contributed by atoms with van der Waals surface area (Å²) >= 11 is 3.37. The van der Waals surface area contributed by atoms with Crippen LogP contribution in [0.4, 0.5) is 0 Å². The number of aromatic nitrogens is 3. The van der Waals surface area contributed by atoms with Gasteiger partial charge in [0.1, 0.15) is 5.75 Å². The number of nitrogens with zero attached hydrogens (tertiary/aromatic N) is 2. The molecule has 0 atom stereocenters. The number of hydrogen-bond donors (Lipinski definition) is 1. The van der Waals surface area contributed by atoms with E-state index < -0.39 is 0 Å². The second-order valence-corrected chi connectivity index (χ2v) is 5.24. The SMILES string of the molecule is COc1ccc(Cn2ncc3[nH]cc(Br)c3c2=O)cc1. The van der Waals surface area contributed by atoms with Crippen LogP contribution in [0.5, 0.6) is 5.75 Å². The maximum absolute atomic E-state index is 12.4.